The Kier molecular flexibility index (Phi) is 6.39. The third-order valence-corrected chi connectivity index (χ3v) is 4.49. The number of benzene rings is 2. The number of carbonyl (C=O) groups is 1. The molecule has 3 rings (SSSR count). The van der Waals surface area contributed by atoms with Crippen LogP contribution in [0, 0.1) is 6.92 Å². The molecular weight excluding hydrogens is 370 g/mol. The molecule has 0 radical (unpaired) electrons. The number of carbonyl (C=O) groups excluding carboxylic acids is 1. The number of methoxy groups -OCH3 is 2. The molecule has 2 aromatic carbocycles. The van der Waals surface area contributed by atoms with Crippen LogP contribution in [-0.2, 0) is 11.8 Å². The normalized spacial score (nSPS) is 11.6. The van der Waals surface area contributed by atoms with Gasteiger partial charge >= 0.3 is 0 Å². The lowest BCUT2D eigenvalue weighted by atomic mass is 10.0. The van der Waals surface area contributed by atoms with Gasteiger partial charge in [0, 0.05) is 25.5 Å². The lowest BCUT2D eigenvalue weighted by molar-refractivity contribution is -0.123. The van der Waals surface area contributed by atoms with Crippen molar-refractivity contribution in [2.75, 3.05) is 20.8 Å². The van der Waals surface area contributed by atoms with E-state index in [0.717, 1.165) is 11.1 Å². The molecule has 3 aromatic rings. The molecule has 0 aliphatic rings. The lowest BCUT2D eigenvalue weighted by Gasteiger charge is -2.20. The molecule has 152 valence electrons. The second-order valence-electron chi connectivity index (χ2n) is 6.65. The zero-order valence-electron chi connectivity index (χ0n) is 17.0. The van der Waals surface area contributed by atoms with Crippen LogP contribution in [0.2, 0.25) is 0 Å². The SMILES string of the molecule is COc1cc(OC)cc(C(NC(=O)COc2cccc(C)c2)c2nccn2C)c1. The van der Waals surface area contributed by atoms with Gasteiger partial charge in [0.15, 0.2) is 6.61 Å². The highest BCUT2D eigenvalue weighted by Crippen LogP contribution is 2.29. The Morgan fingerprint density at radius 2 is 1.83 bits per heavy atom. The van der Waals surface area contributed by atoms with Gasteiger partial charge in [0.25, 0.3) is 5.91 Å². The summed E-state index contributed by atoms with van der Waals surface area (Å²) in [6.45, 7) is 1.87. The number of aryl methyl sites for hydroxylation is 2. The minimum absolute atomic E-state index is 0.106. The Morgan fingerprint density at radius 3 is 2.41 bits per heavy atom. The summed E-state index contributed by atoms with van der Waals surface area (Å²) in [4.78, 5) is 17.1. The molecule has 1 atom stereocenters. The molecular formula is C22H25N3O4. The molecule has 0 saturated carbocycles. The zero-order chi connectivity index (χ0) is 20.8. The van der Waals surface area contributed by atoms with E-state index in [-0.39, 0.29) is 12.5 Å². The van der Waals surface area contributed by atoms with Gasteiger partial charge in [-0.2, -0.15) is 0 Å². The molecule has 0 spiro atoms. The molecule has 0 saturated heterocycles. The fraction of sp³-hybridized carbons (Fsp3) is 0.273. The Labute approximate surface area is 170 Å². The Bertz CT molecular complexity index is 961. The van der Waals surface area contributed by atoms with Gasteiger partial charge in [-0.05, 0) is 42.3 Å². The monoisotopic (exact) mass is 395 g/mol. The Balaban J connectivity index is 1.83. The predicted octanol–water partition coefficient (Wildman–Crippen LogP) is 3.03. The number of hydrogen-bond donors (Lipinski definition) is 1. The van der Waals surface area contributed by atoms with Crippen LogP contribution in [0.15, 0.2) is 54.9 Å². The van der Waals surface area contributed by atoms with E-state index < -0.39 is 6.04 Å². The van der Waals surface area contributed by atoms with Crippen LogP contribution < -0.4 is 19.5 Å². The molecule has 1 amide bonds. The third-order valence-electron chi connectivity index (χ3n) is 4.49. The first-order valence-corrected chi connectivity index (χ1v) is 9.19. The smallest absolute Gasteiger partial charge is 0.258 e. The number of nitrogens with zero attached hydrogens (tertiary/aromatic N) is 2. The number of nitrogens with one attached hydrogen (secondary N) is 1. The third kappa shape index (κ3) is 5.07. The highest BCUT2D eigenvalue weighted by Gasteiger charge is 2.22. The van der Waals surface area contributed by atoms with Crippen molar-refractivity contribution in [3.8, 4) is 17.2 Å². The standard InChI is InChI=1S/C22H25N3O4/c1-15-6-5-7-17(10-15)29-14-20(26)24-21(22-23-8-9-25(22)2)16-11-18(27-3)13-19(12-16)28-4/h5-13,21H,14H2,1-4H3,(H,24,26). The van der Waals surface area contributed by atoms with Crippen LogP contribution in [0.3, 0.4) is 0 Å². The molecule has 1 heterocycles. The molecule has 0 aliphatic heterocycles. The summed E-state index contributed by atoms with van der Waals surface area (Å²) in [5, 5.41) is 3.01. The summed E-state index contributed by atoms with van der Waals surface area (Å²) >= 11 is 0. The van der Waals surface area contributed by atoms with Gasteiger partial charge in [-0.15, -0.1) is 0 Å². The van der Waals surface area contributed by atoms with Crippen molar-refractivity contribution in [2.24, 2.45) is 7.05 Å². The Morgan fingerprint density at radius 1 is 1.10 bits per heavy atom. The van der Waals surface area contributed by atoms with Crippen molar-refractivity contribution in [3.05, 3.63) is 71.8 Å². The van der Waals surface area contributed by atoms with E-state index in [0.29, 0.717) is 23.1 Å². The van der Waals surface area contributed by atoms with Crippen LogP contribution in [-0.4, -0.2) is 36.3 Å². The maximum atomic E-state index is 12.7. The van der Waals surface area contributed by atoms with Gasteiger partial charge in [-0.25, -0.2) is 4.98 Å². The largest absolute Gasteiger partial charge is 0.497 e. The molecule has 7 nitrogen and oxygen atoms in total. The second kappa shape index (κ2) is 9.14. The van der Waals surface area contributed by atoms with Crippen molar-refractivity contribution in [3.63, 3.8) is 0 Å². The average molecular weight is 395 g/mol. The minimum Gasteiger partial charge on any atom is -0.497 e. The fourth-order valence-electron chi connectivity index (χ4n) is 3.01. The van der Waals surface area contributed by atoms with Crippen LogP contribution in [0.25, 0.3) is 0 Å². The lowest BCUT2D eigenvalue weighted by Crippen LogP contribution is -2.34. The first-order chi connectivity index (χ1) is 14.0. The van der Waals surface area contributed by atoms with Gasteiger partial charge in [-0.1, -0.05) is 12.1 Å². The van der Waals surface area contributed by atoms with Gasteiger partial charge in [-0.3, -0.25) is 4.79 Å². The summed E-state index contributed by atoms with van der Waals surface area (Å²) in [5.74, 6) is 2.33. The molecule has 0 fully saturated rings. The van der Waals surface area contributed by atoms with E-state index in [1.807, 2.05) is 61.1 Å². The van der Waals surface area contributed by atoms with Gasteiger partial charge in [0.1, 0.15) is 29.1 Å². The predicted molar refractivity (Wildman–Crippen MR) is 109 cm³/mol. The average Bonchev–Trinajstić information content (AvgIpc) is 3.15. The Hall–Kier alpha value is -3.48. The van der Waals surface area contributed by atoms with Crippen LogP contribution in [0.1, 0.15) is 23.0 Å². The number of rotatable bonds is 8. The van der Waals surface area contributed by atoms with E-state index in [9.17, 15) is 4.79 Å². The highest BCUT2D eigenvalue weighted by molar-refractivity contribution is 5.78. The van der Waals surface area contributed by atoms with Crippen LogP contribution in [0.5, 0.6) is 17.2 Å². The van der Waals surface area contributed by atoms with E-state index in [1.165, 1.54) is 0 Å². The maximum absolute atomic E-state index is 12.7. The number of imidazole rings is 1. The van der Waals surface area contributed by atoms with E-state index >= 15 is 0 Å². The van der Waals surface area contributed by atoms with Crippen molar-refractivity contribution in [1.82, 2.24) is 14.9 Å². The van der Waals surface area contributed by atoms with Gasteiger partial charge in [0.05, 0.1) is 14.2 Å². The van der Waals surface area contributed by atoms with E-state index in [2.05, 4.69) is 10.3 Å². The van der Waals surface area contributed by atoms with Crippen LogP contribution in [0.4, 0.5) is 0 Å². The molecule has 1 aromatic heterocycles. The van der Waals surface area contributed by atoms with Crippen molar-refractivity contribution in [1.29, 1.82) is 0 Å². The summed E-state index contributed by atoms with van der Waals surface area (Å²) < 4.78 is 18.2. The van der Waals surface area contributed by atoms with E-state index in [1.54, 1.807) is 26.5 Å². The van der Waals surface area contributed by atoms with E-state index in [4.69, 9.17) is 14.2 Å². The molecule has 7 heteroatoms. The zero-order valence-corrected chi connectivity index (χ0v) is 17.0. The summed E-state index contributed by atoms with van der Waals surface area (Å²) in [7, 11) is 5.05. The second-order valence-corrected chi connectivity index (χ2v) is 6.65. The molecule has 29 heavy (non-hydrogen) atoms. The van der Waals surface area contributed by atoms with Gasteiger partial charge < -0.3 is 24.1 Å². The number of ether oxygens (including phenoxy) is 3. The molecule has 0 aliphatic carbocycles. The number of hydrogen-bond acceptors (Lipinski definition) is 5. The maximum Gasteiger partial charge on any atom is 0.258 e. The molecule has 1 unspecified atom stereocenters. The molecule has 0 bridgehead atoms. The molecule has 1 N–H and O–H groups in total. The number of aromatic nitrogens is 2. The summed E-state index contributed by atoms with van der Waals surface area (Å²) in [5.41, 5.74) is 1.86. The van der Waals surface area contributed by atoms with Crippen molar-refractivity contribution in [2.45, 2.75) is 13.0 Å². The van der Waals surface area contributed by atoms with Crippen LogP contribution >= 0.6 is 0 Å². The number of amides is 1. The topological polar surface area (TPSA) is 74.6 Å². The quantitative estimate of drug-likeness (QED) is 0.635. The highest BCUT2D eigenvalue weighted by atomic mass is 16.5. The fourth-order valence-corrected chi connectivity index (χ4v) is 3.01. The van der Waals surface area contributed by atoms with Crippen molar-refractivity contribution >= 4 is 5.91 Å². The van der Waals surface area contributed by atoms with Gasteiger partial charge in [0.2, 0.25) is 0 Å². The summed E-state index contributed by atoms with van der Waals surface area (Å²) in [6.07, 6.45) is 3.52. The van der Waals surface area contributed by atoms with Crippen molar-refractivity contribution < 1.29 is 19.0 Å². The minimum atomic E-state index is -0.493. The first-order valence-electron chi connectivity index (χ1n) is 9.19. The summed E-state index contributed by atoms with van der Waals surface area (Å²) in [6, 6.07) is 12.6. The first kappa shape index (κ1) is 20.3.